The van der Waals surface area contributed by atoms with Gasteiger partial charge in [-0.15, -0.1) is 0 Å². The van der Waals surface area contributed by atoms with Crippen molar-refractivity contribution >= 4 is 17.5 Å². The molecule has 1 nitrogen and oxygen atoms in total. The van der Waals surface area contributed by atoms with Gasteiger partial charge in [-0.1, -0.05) is 89.7 Å². The Morgan fingerprint density at radius 2 is 1.56 bits per heavy atom. The van der Waals surface area contributed by atoms with Crippen molar-refractivity contribution in [3.05, 3.63) is 11.1 Å². The first-order valence-corrected chi connectivity index (χ1v) is 12.7. The average Bonchev–Trinajstić information content (AvgIpc) is 2.60. The van der Waals surface area contributed by atoms with Crippen LogP contribution in [0.25, 0.3) is 0 Å². The maximum absolute atomic E-state index is 11.8. The van der Waals surface area contributed by atoms with Crippen LogP contribution in [0.15, 0.2) is 11.1 Å². The number of hydrogen-bond acceptors (Lipinski definition) is 2. The Morgan fingerprint density at radius 1 is 1.00 bits per heavy atom. The number of thioether (sulfide) groups is 1. The van der Waals surface area contributed by atoms with Gasteiger partial charge in [-0.2, -0.15) is 11.8 Å². The normalized spacial score (nSPS) is 18.0. The molecule has 1 rings (SSSR count). The molecule has 0 spiro atoms. The number of carbonyl (C=O) groups is 1. The third kappa shape index (κ3) is 10.2. The van der Waals surface area contributed by atoms with Gasteiger partial charge in [-0.05, 0) is 50.7 Å². The van der Waals surface area contributed by atoms with Gasteiger partial charge in [-0.25, -0.2) is 0 Å². The minimum absolute atomic E-state index is 0.320. The largest absolute Gasteiger partial charge is 0.300 e. The molecule has 0 amide bonds. The molecule has 1 atom stereocenters. The predicted octanol–water partition coefficient (Wildman–Crippen LogP) is 8.51. The molecular formula is C25H46OS. The summed E-state index contributed by atoms with van der Waals surface area (Å²) in [4.78, 5) is 11.8. The molecule has 1 aliphatic rings. The van der Waals surface area contributed by atoms with E-state index < -0.39 is 0 Å². The molecule has 1 unspecified atom stereocenters. The van der Waals surface area contributed by atoms with Gasteiger partial charge in [0.25, 0.3) is 0 Å². The van der Waals surface area contributed by atoms with E-state index >= 15 is 0 Å². The maximum atomic E-state index is 11.8. The van der Waals surface area contributed by atoms with E-state index in [1.54, 1.807) is 18.1 Å². The van der Waals surface area contributed by atoms with Crippen molar-refractivity contribution in [2.75, 3.05) is 5.75 Å². The monoisotopic (exact) mass is 394 g/mol. The Morgan fingerprint density at radius 3 is 2.11 bits per heavy atom. The lowest BCUT2D eigenvalue weighted by molar-refractivity contribution is -0.116. The van der Waals surface area contributed by atoms with Gasteiger partial charge in [0.05, 0.1) is 0 Å². The van der Waals surface area contributed by atoms with E-state index in [0.29, 0.717) is 16.4 Å². The van der Waals surface area contributed by atoms with Crippen LogP contribution in [0.2, 0.25) is 0 Å². The Bertz CT molecular complexity index is 449. The maximum Gasteiger partial charge on any atom is 0.131 e. The number of allylic oxidation sites excluding steroid dienone is 1. The van der Waals surface area contributed by atoms with Gasteiger partial charge >= 0.3 is 0 Å². The molecule has 0 aromatic heterocycles. The highest BCUT2D eigenvalue weighted by atomic mass is 32.2. The second-order valence-electron chi connectivity index (χ2n) is 9.34. The number of carbonyl (C=O) groups excluding carboxylic acids is 1. The van der Waals surface area contributed by atoms with Crippen LogP contribution in [0.5, 0.6) is 0 Å². The third-order valence-corrected chi connectivity index (χ3v) is 7.80. The standard InChI is InChI=1S/C25H46OS/c1-6-7-8-9-10-11-12-13-14-15-19-27-24(20-21(2)26)23-17-16-18-25(4,5)22(23)3/h24H,6-20H2,1-5H3. The van der Waals surface area contributed by atoms with Gasteiger partial charge in [-0.3, -0.25) is 4.79 Å². The minimum atomic E-state index is 0.320. The van der Waals surface area contributed by atoms with Gasteiger partial charge in [0, 0.05) is 11.7 Å². The van der Waals surface area contributed by atoms with Crippen molar-refractivity contribution in [1.82, 2.24) is 0 Å². The molecule has 0 N–H and O–H groups in total. The second-order valence-corrected chi connectivity index (χ2v) is 10.6. The van der Waals surface area contributed by atoms with Crippen LogP contribution in [-0.2, 0) is 4.79 Å². The zero-order valence-electron chi connectivity index (χ0n) is 19.0. The SMILES string of the molecule is CCCCCCCCCCCCSC(CC(C)=O)C1=C(C)C(C)(C)CCC1. The average molecular weight is 395 g/mol. The summed E-state index contributed by atoms with van der Waals surface area (Å²) in [5, 5.41) is 0.431. The summed E-state index contributed by atoms with van der Waals surface area (Å²) < 4.78 is 0. The molecular weight excluding hydrogens is 348 g/mol. The van der Waals surface area contributed by atoms with Gasteiger partial charge in [0.15, 0.2) is 0 Å². The van der Waals surface area contributed by atoms with Crippen LogP contribution >= 0.6 is 11.8 Å². The molecule has 0 saturated heterocycles. The third-order valence-electron chi connectivity index (χ3n) is 6.42. The summed E-state index contributed by atoms with van der Waals surface area (Å²) in [7, 11) is 0. The first kappa shape index (κ1) is 24.8. The molecule has 0 fully saturated rings. The summed E-state index contributed by atoms with van der Waals surface area (Å²) in [6.07, 6.45) is 18.4. The topological polar surface area (TPSA) is 17.1 Å². The minimum Gasteiger partial charge on any atom is -0.300 e. The van der Waals surface area contributed by atoms with Gasteiger partial charge < -0.3 is 0 Å². The van der Waals surface area contributed by atoms with Crippen molar-refractivity contribution in [2.45, 2.75) is 130 Å². The Balaban J connectivity index is 2.29. The van der Waals surface area contributed by atoms with Crippen LogP contribution in [0.4, 0.5) is 0 Å². The molecule has 158 valence electrons. The zero-order chi connectivity index (χ0) is 20.1. The summed E-state index contributed by atoms with van der Waals surface area (Å²) in [5.74, 6) is 1.56. The molecule has 0 aliphatic heterocycles. The summed E-state index contributed by atoms with van der Waals surface area (Å²) in [6.45, 7) is 11.1. The fraction of sp³-hybridized carbons (Fsp3) is 0.880. The quantitative estimate of drug-likeness (QED) is 0.204. The molecule has 1 aliphatic carbocycles. The number of hydrogen-bond donors (Lipinski definition) is 0. The smallest absolute Gasteiger partial charge is 0.131 e. The highest BCUT2D eigenvalue weighted by Crippen LogP contribution is 2.43. The Hall–Kier alpha value is -0.240. The molecule has 0 aromatic rings. The molecule has 2 heteroatoms. The Kier molecular flexibility index (Phi) is 12.7. The Labute approximate surface area is 174 Å². The second kappa shape index (κ2) is 13.9. The summed E-state index contributed by atoms with van der Waals surface area (Å²) in [6, 6.07) is 0. The number of rotatable bonds is 15. The first-order chi connectivity index (χ1) is 12.9. The van der Waals surface area contributed by atoms with Gasteiger partial charge in [0.2, 0.25) is 0 Å². The van der Waals surface area contributed by atoms with E-state index in [1.807, 2.05) is 0 Å². The van der Waals surface area contributed by atoms with E-state index in [-0.39, 0.29) is 0 Å². The van der Waals surface area contributed by atoms with E-state index in [2.05, 4.69) is 39.5 Å². The van der Waals surface area contributed by atoms with Crippen molar-refractivity contribution < 1.29 is 4.79 Å². The summed E-state index contributed by atoms with van der Waals surface area (Å²) in [5.41, 5.74) is 3.48. The lowest BCUT2D eigenvalue weighted by Gasteiger charge is -2.36. The predicted molar refractivity (Wildman–Crippen MR) is 124 cm³/mol. The van der Waals surface area contributed by atoms with Crippen molar-refractivity contribution in [3.8, 4) is 0 Å². The van der Waals surface area contributed by atoms with Crippen LogP contribution in [0.3, 0.4) is 0 Å². The van der Waals surface area contributed by atoms with E-state index in [9.17, 15) is 4.79 Å². The fourth-order valence-corrected chi connectivity index (χ4v) is 5.80. The first-order valence-electron chi connectivity index (χ1n) is 11.7. The van der Waals surface area contributed by atoms with Gasteiger partial charge in [0.1, 0.15) is 5.78 Å². The number of ketones is 1. The lowest BCUT2D eigenvalue weighted by Crippen LogP contribution is -2.24. The molecule has 0 aromatic carbocycles. The number of Topliss-reactive ketones (excluding diaryl/α,β-unsaturated/α-hetero) is 1. The van der Waals surface area contributed by atoms with E-state index in [1.165, 1.54) is 89.2 Å². The highest BCUT2D eigenvalue weighted by Gasteiger charge is 2.30. The van der Waals surface area contributed by atoms with E-state index in [0.717, 1.165) is 6.42 Å². The molecule has 0 saturated carbocycles. The fourth-order valence-electron chi connectivity index (χ4n) is 4.29. The van der Waals surface area contributed by atoms with E-state index in [4.69, 9.17) is 0 Å². The van der Waals surface area contributed by atoms with Crippen molar-refractivity contribution in [2.24, 2.45) is 5.41 Å². The number of unbranched alkanes of at least 4 members (excludes halogenated alkanes) is 9. The molecule has 0 radical (unpaired) electrons. The summed E-state index contributed by atoms with van der Waals surface area (Å²) >= 11 is 2.06. The van der Waals surface area contributed by atoms with Crippen molar-refractivity contribution in [1.29, 1.82) is 0 Å². The van der Waals surface area contributed by atoms with Crippen molar-refractivity contribution in [3.63, 3.8) is 0 Å². The molecule has 0 heterocycles. The molecule has 0 bridgehead atoms. The van der Waals surface area contributed by atoms with Crippen LogP contribution < -0.4 is 0 Å². The molecule has 27 heavy (non-hydrogen) atoms. The van der Waals surface area contributed by atoms with Crippen LogP contribution in [0, 0.1) is 5.41 Å². The lowest BCUT2D eigenvalue weighted by atomic mass is 9.72. The van der Waals surface area contributed by atoms with Crippen LogP contribution in [-0.4, -0.2) is 16.8 Å². The zero-order valence-corrected chi connectivity index (χ0v) is 19.8. The highest BCUT2D eigenvalue weighted by molar-refractivity contribution is 8.00. The van der Waals surface area contributed by atoms with Crippen LogP contribution in [0.1, 0.15) is 125 Å².